The first-order valence-corrected chi connectivity index (χ1v) is 7.18. The average Bonchev–Trinajstić information content (AvgIpc) is 2.41. The van der Waals surface area contributed by atoms with Gasteiger partial charge in [0.25, 0.3) is 0 Å². The van der Waals surface area contributed by atoms with Gasteiger partial charge >= 0.3 is 0 Å². The van der Waals surface area contributed by atoms with Crippen LogP contribution in [0.2, 0.25) is 0 Å². The van der Waals surface area contributed by atoms with Crippen LogP contribution in [0, 0.1) is 0 Å². The van der Waals surface area contributed by atoms with Crippen molar-refractivity contribution in [3.05, 3.63) is 47.7 Å². The van der Waals surface area contributed by atoms with Crippen molar-refractivity contribution in [1.82, 2.24) is 10.2 Å². The van der Waals surface area contributed by atoms with E-state index in [4.69, 9.17) is 0 Å². The number of aliphatic hydroxyl groups excluding tert-OH is 1. The lowest BCUT2D eigenvalue weighted by molar-refractivity contribution is 0.138. The molecule has 1 heterocycles. The van der Waals surface area contributed by atoms with Crippen LogP contribution in [0.3, 0.4) is 0 Å². The molecule has 0 spiro atoms. The van der Waals surface area contributed by atoms with Crippen molar-refractivity contribution in [2.75, 3.05) is 19.6 Å². The fourth-order valence-electron chi connectivity index (χ4n) is 2.69. The zero-order valence-electron chi connectivity index (χ0n) is 12.6. The molecule has 1 aromatic rings. The molecule has 3 nitrogen and oxygen atoms in total. The summed E-state index contributed by atoms with van der Waals surface area (Å²) in [6.07, 6.45) is -0.308. The molecule has 1 unspecified atom stereocenters. The number of hydrogen-bond acceptors (Lipinski definition) is 3. The Kier molecular flexibility index (Phi) is 4.63. The highest BCUT2D eigenvalue weighted by molar-refractivity contribution is 5.85. The highest BCUT2D eigenvalue weighted by Gasteiger charge is 2.20. The molecule has 1 aromatic carbocycles. The van der Waals surface area contributed by atoms with Crippen LogP contribution < -0.4 is 5.32 Å². The van der Waals surface area contributed by atoms with Gasteiger partial charge in [-0.3, -0.25) is 4.90 Å². The molecule has 0 aliphatic carbocycles. The number of hydrogen-bond donors (Lipinski definition) is 2. The van der Waals surface area contributed by atoms with E-state index < -0.39 is 0 Å². The van der Waals surface area contributed by atoms with Gasteiger partial charge < -0.3 is 10.4 Å². The second kappa shape index (κ2) is 6.25. The Balaban J connectivity index is 2.30. The second-order valence-corrected chi connectivity index (χ2v) is 5.43. The minimum atomic E-state index is -0.308. The molecule has 0 fully saturated rings. The van der Waals surface area contributed by atoms with Crippen molar-refractivity contribution in [1.29, 1.82) is 0 Å². The number of nitrogens with one attached hydrogen (secondary N) is 1. The zero-order valence-corrected chi connectivity index (χ0v) is 12.6. The van der Waals surface area contributed by atoms with Crippen molar-refractivity contribution >= 4 is 11.3 Å². The van der Waals surface area contributed by atoms with E-state index in [-0.39, 0.29) is 6.10 Å². The minimum absolute atomic E-state index is 0.308. The van der Waals surface area contributed by atoms with Gasteiger partial charge in [0, 0.05) is 30.0 Å². The van der Waals surface area contributed by atoms with Gasteiger partial charge in [0.1, 0.15) is 0 Å². The molecule has 0 aromatic heterocycles. The van der Waals surface area contributed by atoms with Crippen molar-refractivity contribution < 1.29 is 5.11 Å². The molecule has 20 heavy (non-hydrogen) atoms. The molecule has 0 radical (unpaired) electrons. The third-order valence-electron chi connectivity index (χ3n) is 3.72. The second-order valence-electron chi connectivity index (χ2n) is 5.43. The Bertz CT molecular complexity index is 532. The summed E-state index contributed by atoms with van der Waals surface area (Å²) in [5, 5.41) is 13.0. The molecule has 3 heteroatoms. The summed E-state index contributed by atoms with van der Waals surface area (Å²) in [6, 6.07) is 8.35. The quantitative estimate of drug-likeness (QED) is 0.865. The first-order valence-electron chi connectivity index (χ1n) is 7.18. The Morgan fingerprint density at radius 3 is 2.55 bits per heavy atom. The number of aliphatic hydroxyl groups is 1. The SMILES string of the molecule is C=C1NC(C)=C(CN(CC)CC(C)O)c2ccccc21. The number of nitrogens with zero attached hydrogens (tertiary/aromatic N) is 1. The van der Waals surface area contributed by atoms with E-state index in [2.05, 4.69) is 48.8 Å². The van der Waals surface area contributed by atoms with Crippen molar-refractivity contribution in [3.8, 4) is 0 Å². The standard InChI is InChI=1S/C17H24N2O/c1-5-19(10-12(2)20)11-17-14(4)18-13(3)15-8-6-7-9-16(15)17/h6-9,12,18,20H,3,5,10-11H2,1-2,4H3. The molecular formula is C17H24N2O. The lowest BCUT2D eigenvalue weighted by Crippen LogP contribution is -2.34. The van der Waals surface area contributed by atoms with Crippen molar-refractivity contribution in [2.45, 2.75) is 26.9 Å². The minimum Gasteiger partial charge on any atom is -0.392 e. The maximum atomic E-state index is 9.60. The van der Waals surface area contributed by atoms with Crippen LogP contribution in [0.25, 0.3) is 11.3 Å². The molecule has 0 bridgehead atoms. The number of rotatable bonds is 5. The predicted octanol–water partition coefficient (Wildman–Crippen LogP) is 2.69. The van der Waals surface area contributed by atoms with E-state index in [0.717, 1.165) is 24.5 Å². The van der Waals surface area contributed by atoms with Crippen LogP contribution in [0.1, 0.15) is 31.9 Å². The van der Waals surface area contributed by atoms with Gasteiger partial charge in [-0.2, -0.15) is 0 Å². The van der Waals surface area contributed by atoms with E-state index in [0.29, 0.717) is 6.54 Å². The normalized spacial score (nSPS) is 16.1. The fraction of sp³-hybridized carbons (Fsp3) is 0.412. The first kappa shape index (κ1) is 14.8. The van der Waals surface area contributed by atoms with Gasteiger partial charge in [0.15, 0.2) is 0 Å². The Morgan fingerprint density at radius 1 is 1.30 bits per heavy atom. The average molecular weight is 272 g/mol. The Morgan fingerprint density at radius 2 is 1.95 bits per heavy atom. The van der Waals surface area contributed by atoms with Crippen LogP contribution in [-0.4, -0.2) is 35.7 Å². The van der Waals surface area contributed by atoms with Crippen molar-refractivity contribution in [3.63, 3.8) is 0 Å². The summed E-state index contributed by atoms with van der Waals surface area (Å²) < 4.78 is 0. The molecule has 0 saturated carbocycles. The molecule has 2 rings (SSSR count). The summed E-state index contributed by atoms with van der Waals surface area (Å²) in [5.41, 5.74) is 5.81. The van der Waals surface area contributed by atoms with Gasteiger partial charge in [0.05, 0.1) is 6.10 Å². The summed E-state index contributed by atoms with van der Waals surface area (Å²) in [5.74, 6) is 0. The molecule has 1 aliphatic heterocycles. The van der Waals surface area contributed by atoms with Gasteiger partial charge in [-0.25, -0.2) is 0 Å². The fourth-order valence-corrected chi connectivity index (χ4v) is 2.69. The Labute approximate surface area is 121 Å². The third kappa shape index (κ3) is 3.11. The monoisotopic (exact) mass is 272 g/mol. The van der Waals surface area contributed by atoms with E-state index >= 15 is 0 Å². The highest BCUT2D eigenvalue weighted by atomic mass is 16.3. The molecule has 0 saturated heterocycles. The first-order chi connectivity index (χ1) is 9.52. The van der Waals surface area contributed by atoms with Crippen LogP contribution in [0.4, 0.5) is 0 Å². The lowest BCUT2D eigenvalue weighted by Gasteiger charge is -2.29. The largest absolute Gasteiger partial charge is 0.392 e. The Hall–Kier alpha value is -1.58. The zero-order chi connectivity index (χ0) is 14.7. The van der Waals surface area contributed by atoms with Gasteiger partial charge in [0.2, 0.25) is 0 Å². The van der Waals surface area contributed by atoms with Gasteiger partial charge in [-0.1, -0.05) is 37.8 Å². The van der Waals surface area contributed by atoms with Gasteiger partial charge in [-0.15, -0.1) is 0 Å². The lowest BCUT2D eigenvalue weighted by atomic mass is 9.92. The number of likely N-dealkylation sites (N-methyl/N-ethyl adjacent to an activating group) is 1. The number of allylic oxidation sites excluding steroid dienone is 1. The van der Waals surface area contributed by atoms with Crippen LogP contribution in [0.15, 0.2) is 36.5 Å². The summed E-state index contributed by atoms with van der Waals surface area (Å²) >= 11 is 0. The van der Waals surface area contributed by atoms with Crippen LogP contribution in [-0.2, 0) is 0 Å². The molecule has 1 aliphatic rings. The smallest absolute Gasteiger partial charge is 0.0639 e. The number of benzene rings is 1. The predicted molar refractivity (Wildman–Crippen MR) is 85.0 cm³/mol. The maximum absolute atomic E-state index is 9.60. The summed E-state index contributed by atoms with van der Waals surface area (Å²) in [4.78, 5) is 2.26. The molecule has 2 N–H and O–H groups in total. The maximum Gasteiger partial charge on any atom is 0.0639 e. The van der Waals surface area contributed by atoms with Crippen LogP contribution in [0.5, 0.6) is 0 Å². The molecule has 1 atom stereocenters. The van der Waals surface area contributed by atoms with E-state index in [9.17, 15) is 5.11 Å². The summed E-state index contributed by atoms with van der Waals surface area (Å²) in [6.45, 7) is 12.6. The van der Waals surface area contributed by atoms with Crippen LogP contribution >= 0.6 is 0 Å². The van der Waals surface area contributed by atoms with Crippen molar-refractivity contribution in [2.24, 2.45) is 0 Å². The number of fused-ring (bicyclic) bond motifs is 1. The molecule has 108 valence electrons. The van der Waals surface area contributed by atoms with Gasteiger partial charge in [-0.05, 0) is 31.5 Å². The van der Waals surface area contributed by atoms with E-state index in [1.54, 1.807) is 0 Å². The topological polar surface area (TPSA) is 35.5 Å². The third-order valence-corrected chi connectivity index (χ3v) is 3.72. The molecular weight excluding hydrogens is 248 g/mol. The highest BCUT2D eigenvalue weighted by Crippen LogP contribution is 2.31. The van der Waals surface area contributed by atoms with E-state index in [1.165, 1.54) is 16.7 Å². The van der Waals surface area contributed by atoms with E-state index in [1.807, 2.05) is 13.0 Å². The molecule has 0 amide bonds. The summed E-state index contributed by atoms with van der Waals surface area (Å²) in [7, 11) is 0.